The smallest absolute Gasteiger partial charge is 0.463 e. The minimum atomic E-state index is -3.91. The topological polar surface area (TPSA) is 163 Å². The second-order valence-electron chi connectivity index (χ2n) is 8.89. The third-order valence-electron chi connectivity index (χ3n) is 5.73. The number of nitrogen functional groups attached to an aromatic ring is 1. The standard InChI is InChI=1S/C20H30N5O7P/c1-11(2)30-18(26)12(3)6-8-28-33(27)29-9-14-16(32-33)20(4,22)19(31-14)25-10-24-15-13(21)5-7-23-17(15)25/h5,7,10-12,14,16,19H,6,8-9,22H2,1-4H3,(H2,21,23)/t12-,14+,16+,19+,20+,33-/m0/s1. The monoisotopic (exact) mass is 483 g/mol. The van der Waals surface area contributed by atoms with Crippen LogP contribution in [-0.2, 0) is 32.4 Å². The van der Waals surface area contributed by atoms with E-state index in [1.165, 1.54) is 0 Å². The van der Waals surface area contributed by atoms with Crippen LogP contribution in [0, 0.1) is 5.92 Å². The fraction of sp³-hybridized carbons (Fsp3) is 0.650. The lowest BCUT2D eigenvalue weighted by Crippen LogP contribution is -2.54. The van der Waals surface area contributed by atoms with Crippen LogP contribution in [-0.4, -0.2) is 57.6 Å². The van der Waals surface area contributed by atoms with Gasteiger partial charge in [0.05, 0.1) is 42.8 Å². The molecule has 2 aliphatic heterocycles. The summed E-state index contributed by atoms with van der Waals surface area (Å²) in [7, 11) is -3.91. The van der Waals surface area contributed by atoms with Crippen molar-refractivity contribution in [2.75, 3.05) is 18.9 Å². The van der Waals surface area contributed by atoms with Crippen LogP contribution in [0.15, 0.2) is 18.6 Å². The van der Waals surface area contributed by atoms with E-state index in [0.717, 1.165) is 0 Å². The minimum absolute atomic E-state index is 0.00997. The van der Waals surface area contributed by atoms with Gasteiger partial charge < -0.3 is 20.9 Å². The van der Waals surface area contributed by atoms with Gasteiger partial charge in [0.15, 0.2) is 11.9 Å². The number of hydrogen-bond donors (Lipinski definition) is 2. The molecule has 0 aliphatic carbocycles. The highest BCUT2D eigenvalue weighted by molar-refractivity contribution is 7.48. The first-order chi connectivity index (χ1) is 15.5. The van der Waals surface area contributed by atoms with Crippen LogP contribution in [0.1, 0.15) is 40.3 Å². The summed E-state index contributed by atoms with van der Waals surface area (Å²) in [6.07, 6.45) is 1.15. The maximum absolute atomic E-state index is 13.1. The third kappa shape index (κ3) is 4.64. The molecule has 2 aromatic heterocycles. The molecule has 0 unspecified atom stereocenters. The van der Waals surface area contributed by atoms with Crippen LogP contribution in [0.5, 0.6) is 0 Å². The Morgan fingerprint density at radius 3 is 2.88 bits per heavy atom. The molecule has 0 amide bonds. The molecule has 0 saturated carbocycles. The second kappa shape index (κ2) is 8.94. The van der Waals surface area contributed by atoms with E-state index >= 15 is 0 Å². The Morgan fingerprint density at radius 1 is 1.39 bits per heavy atom. The van der Waals surface area contributed by atoms with Crippen molar-refractivity contribution < 1.29 is 32.4 Å². The van der Waals surface area contributed by atoms with Crippen LogP contribution in [0.4, 0.5) is 5.69 Å². The first-order valence-corrected chi connectivity index (χ1v) is 12.3. The lowest BCUT2D eigenvalue weighted by Gasteiger charge is -2.35. The maximum atomic E-state index is 13.1. The normalized spacial score (nSPS) is 32.7. The minimum Gasteiger partial charge on any atom is -0.463 e. The first kappa shape index (κ1) is 24.1. The number of ether oxygens (including phenoxy) is 2. The molecular formula is C20H30N5O7P. The molecule has 4 N–H and O–H groups in total. The van der Waals surface area contributed by atoms with Gasteiger partial charge in [-0.3, -0.25) is 22.9 Å². The molecule has 0 radical (unpaired) electrons. The molecule has 4 heterocycles. The Bertz CT molecular complexity index is 1070. The number of hydrogen-bond acceptors (Lipinski definition) is 11. The van der Waals surface area contributed by atoms with E-state index in [4.69, 9.17) is 34.5 Å². The van der Waals surface area contributed by atoms with E-state index < -0.39 is 37.7 Å². The van der Waals surface area contributed by atoms with Crippen molar-refractivity contribution in [3.63, 3.8) is 0 Å². The van der Waals surface area contributed by atoms with Gasteiger partial charge in [-0.25, -0.2) is 14.5 Å². The number of imidazole rings is 1. The van der Waals surface area contributed by atoms with Crippen molar-refractivity contribution >= 4 is 30.6 Å². The number of carbonyl (C=O) groups is 1. The third-order valence-corrected chi connectivity index (χ3v) is 7.17. The quantitative estimate of drug-likeness (QED) is 0.438. The Balaban J connectivity index is 1.43. The molecule has 6 atom stereocenters. The van der Waals surface area contributed by atoms with Crippen molar-refractivity contribution in [1.82, 2.24) is 14.5 Å². The average molecular weight is 483 g/mol. The number of anilines is 1. The van der Waals surface area contributed by atoms with E-state index in [9.17, 15) is 9.36 Å². The number of carbonyl (C=O) groups excluding carboxylic acids is 1. The molecule has 2 aromatic rings. The predicted molar refractivity (Wildman–Crippen MR) is 118 cm³/mol. The van der Waals surface area contributed by atoms with Gasteiger partial charge in [-0.2, -0.15) is 0 Å². The van der Waals surface area contributed by atoms with Gasteiger partial charge in [0, 0.05) is 6.20 Å². The molecular weight excluding hydrogens is 453 g/mol. The van der Waals surface area contributed by atoms with Crippen LogP contribution in [0.2, 0.25) is 0 Å². The SMILES string of the molecule is CC(C)OC(=O)[C@@H](C)CCO[P@@]1(=O)OC[C@H]2O[C@@H](n3cnc4c(N)ccnc43)[C@](C)(N)[C@@H]2O1. The van der Waals surface area contributed by atoms with Gasteiger partial charge in [-0.1, -0.05) is 6.92 Å². The summed E-state index contributed by atoms with van der Waals surface area (Å²) in [5.41, 5.74) is 13.0. The second-order valence-corrected chi connectivity index (χ2v) is 10.5. The molecule has 33 heavy (non-hydrogen) atoms. The number of phosphoric acid groups is 1. The molecule has 0 bridgehead atoms. The van der Waals surface area contributed by atoms with E-state index in [2.05, 4.69) is 9.97 Å². The van der Waals surface area contributed by atoms with E-state index in [1.54, 1.807) is 50.9 Å². The van der Waals surface area contributed by atoms with Crippen molar-refractivity contribution in [2.24, 2.45) is 11.7 Å². The van der Waals surface area contributed by atoms with Crippen molar-refractivity contribution in [3.05, 3.63) is 18.6 Å². The number of nitrogens with zero attached hydrogens (tertiary/aromatic N) is 3. The van der Waals surface area contributed by atoms with Crippen LogP contribution < -0.4 is 11.5 Å². The highest BCUT2D eigenvalue weighted by atomic mass is 31.2. The van der Waals surface area contributed by atoms with Gasteiger partial charge in [0.25, 0.3) is 0 Å². The number of nitrogens with two attached hydrogens (primary N) is 2. The fourth-order valence-corrected chi connectivity index (χ4v) is 5.43. The zero-order chi connectivity index (χ0) is 24.0. The largest absolute Gasteiger partial charge is 0.475 e. The number of aromatic nitrogens is 3. The highest BCUT2D eigenvalue weighted by Crippen LogP contribution is 2.58. The Kier molecular flexibility index (Phi) is 6.51. The molecule has 12 nitrogen and oxygen atoms in total. The van der Waals surface area contributed by atoms with E-state index in [-0.39, 0.29) is 25.3 Å². The predicted octanol–water partition coefficient (Wildman–Crippen LogP) is 2.15. The average Bonchev–Trinajstić information content (AvgIpc) is 3.27. The maximum Gasteiger partial charge on any atom is 0.475 e. The lowest BCUT2D eigenvalue weighted by molar-refractivity contribution is -0.152. The van der Waals surface area contributed by atoms with Gasteiger partial charge in [-0.15, -0.1) is 0 Å². The summed E-state index contributed by atoms with van der Waals surface area (Å²) >= 11 is 0. The molecule has 4 rings (SSSR count). The fourth-order valence-electron chi connectivity index (χ4n) is 3.93. The zero-order valence-electron chi connectivity index (χ0n) is 19.0. The molecule has 182 valence electrons. The molecule has 2 aliphatic rings. The van der Waals surface area contributed by atoms with Gasteiger partial charge in [-0.05, 0) is 33.3 Å². The Morgan fingerprint density at radius 2 is 2.15 bits per heavy atom. The Labute approximate surface area is 191 Å². The summed E-state index contributed by atoms with van der Waals surface area (Å²) in [6.45, 7) is 6.96. The summed E-state index contributed by atoms with van der Waals surface area (Å²) in [5, 5.41) is 0. The summed E-state index contributed by atoms with van der Waals surface area (Å²) in [5.74, 6) is -0.772. The van der Waals surface area contributed by atoms with Gasteiger partial charge in [0.2, 0.25) is 0 Å². The van der Waals surface area contributed by atoms with Gasteiger partial charge >= 0.3 is 13.8 Å². The molecule has 0 aromatic carbocycles. The van der Waals surface area contributed by atoms with Crippen molar-refractivity contribution in [2.45, 2.75) is 64.2 Å². The number of fused-ring (bicyclic) bond motifs is 2. The van der Waals surface area contributed by atoms with E-state index in [1.807, 2.05) is 0 Å². The Hall–Kier alpha value is -2.08. The summed E-state index contributed by atoms with van der Waals surface area (Å²) in [4.78, 5) is 20.6. The van der Waals surface area contributed by atoms with E-state index in [0.29, 0.717) is 23.3 Å². The number of phosphoric ester groups is 1. The van der Waals surface area contributed by atoms with Crippen molar-refractivity contribution in [1.29, 1.82) is 0 Å². The van der Waals surface area contributed by atoms with Crippen LogP contribution >= 0.6 is 7.82 Å². The first-order valence-electron chi connectivity index (χ1n) is 10.8. The zero-order valence-corrected chi connectivity index (χ0v) is 19.9. The van der Waals surface area contributed by atoms with Crippen LogP contribution in [0.25, 0.3) is 11.2 Å². The number of rotatable bonds is 7. The van der Waals surface area contributed by atoms with Crippen LogP contribution in [0.3, 0.4) is 0 Å². The van der Waals surface area contributed by atoms with Crippen molar-refractivity contribution in [3.8, 4) is 0 Å². The molecule has 13 heteroatoms. The number of pyridine rings is 1. The summed E-state index contributed by atoms with van der Waals surface area (Å²) < 4.78 is 42.7. The highest BCUT2D eigenvalue weighted by Gasteiger charge is 2.59. The molecule has 2 saturated heterocycles. The molecule has 2 fully saturated rings. The molecule has 0 spiro atoms. The van der Waals surface area contributed by atoms with Gasteiger partial charge in [0.1, 0.15) is 17.7 Å². The lowest BCUT2D eigenvalue weighted by atomic mass is 9.93. The number of esters is 1. The summed E-state index contributed by atoms with van der Waals surface area (Å²) in [6, 6.07) is 1.66.